The monoisotopic (exact) mass is 378 g/mol. The number of amides is 2. The van der Waals surface area contributed by atoms with E-state index in [2.05, 4.69) is 17.4 Å². The number of fused-ring (bicyclic) bond motifs is 1. The number of hydrogen-bond acceptors (Lipinski definition) is 4. The predicted molar refractivity (Wildman–Crippen MR) is 99.3 cm³/mol. The Bertz CT molecular complexity index is 808. The van der Waals surface area contributed by atoms with E-state index in [1.54, 1.807) is 4.90 Å². The number of carbonyl (C=O) groups excluding carboxylic acids is 1. The second kappa shape index (κ2) is 6.76. The second-order valence-electron chi connectivity index (χ2n) is 7.89. The van der Waals surface area contributed by atoms with Gasteiger partial charge in [0.2, 0.25) is 0 Å². The minimum Gasteiger partial charge on any atom is -0.493 e. The molecule has 7 heteroatoms. The van der Waals surface area contributed by atoms with E-state index in [0.717, 1.165) is 38.0 Å². The molecule has 0 aliphatic carbocycles. The maximum atomic E-state index is 12.5. The van der Waals surface area contributed by atoms with Crippen LogP contribution in [-0.2, 0) is 22.7 Å². The number of benzene rings is 1. The van der Waals surface area contributed by atoms with Gasteiger partial charge in [0.25, 0.3) is 0 Å². The van der Waals surface area contributed by atoms with Crippen molar-refractivity contribution < 1.29 is 17.9 Å². The largest absolute Gasteiger partial charge is 0.493 e. The van der Waals surface area contributed by atoms with Crippen molar-refractivity contribution in [3.8, 4) is 5.75 Å². The van der Waals surface area contributed by atoms with Gasteiger partial charge in [0.15, 0.2) is 9.84 Å². The van der Waals surface area contributed by atoms with Gasteiger partial charge in [-0.1, -0.05) is 12.1 Å². The zero-order valence-corrected chi connectivity index (χ0v) is 15.8. The number of urea groups is 1. The molecule has 1 unspecified atom stereocenters. The van der Waals surface area contributed by atoms with Crippen LogP contribution in [0.5, 0.6) is 5.75 Å². The summed E-state index contributed by atoms with van der Waals surface area (Å²) in [6.07, 6.45) is 4.22. The number of sulfone groups is 1. The minimum atomic E-state index is -2.93. The molecule has 0 radical (unpaired) electrons. The molecule has 1 atom stereocenters. The number of hydrogen-bond donors (Lipinski definition) is 1. The van der Waals surface area contributed by atoms with Crippen LogP contribution in [0.2, 0.25) is 0 Å². The lowest BCUT2D eigenvalue weighted by atomic mass is 9.80. The van der Waals surface area contributed by atoms with Gasteiger partial charge in [-0.25, -0.2) is 13.2 Å². The molecule has 2 fully saturated rings. The Morgan fingerprint density at radius 3 is 3.00 bits per heavy atom. The van der Waals surface area contributed by atoms with Crippen molar-refractivity contribution in [2.75, 3.05) is 37.7 Å². The first-order valence-corrected chi connectivity index (χ1v) is 11.2. The highest BCUT2D eigenvalue weighted by Crippen LogP contribution is 2.40. The summed E-state index contributed by atoms with van der Waals surface area (Å²) in [4.78, 5) is 14.3. The average Bonchev–Trinajstić information content (AvgIpc) is 3.18. The van der Waals surface area contributed by atoms with Crippen molar-refractivity contribution in [3.63, 3.8) is 0 Å². The van der Waals surface area contributed by atoms with Gasteiger partial charge in [-0.2, -0.15) is 0 Å². The van der Waals surface area contributed by atoms with E-state index in [-0.39, 0.29) is 23.0 Å². The van der Waals surface area contributed by atoms with E-state index in [1.807, 2.05) is 6.07 Å². The maximum Gasteiger partial charge on any atom is 0.317 e. The van der Waals surface area contributed by atoms with Gasteiger partial charge in [0, 0.05) is 31.5 Å². The summed E-state index contributed by atoms with van der Waals surface area (Å²) in [5.74, 6) is 1.48. The van der Waals surface area contributed by atoms with Crippen molar-refractivity contribution in [2.24, 2.45) is 5.41 Å². The molecule has 26 heavy (non-hydrogen) atoms. The minimum absolute atomic E-state index is 0.0714. The Labute approximate surface area is 154 Å². The van der Waals surface area contributed by atoms with Crippen molar-refractivity contribution in [3.05, 3.63) is 29.3 Å². The van der Waals surface area contributed by atoms with E-state index in [9.17, 15) is 13.2 Å². The topological polar surface area (TPSA) is 75.7 Å². The fourth-order valence-corrected chi connectivity index (χ4v) is 6.71. The van der Waals surface area contributed by atoms with Gasteiger partial charge in [-0.3, -0.25) is 0 Å². The standard InChI is InChI=1S/C19H26N2O4S/c22-18(20-8-4-15-2-3-17-16(12-15)5-10-25-17)21-9-1-6-19(13-21)7-11-26(23,24)14-19/h2-3,12H,1,4-11,13-14H2,(H,20,22). The summed E-state index contributed by atoms with van der Waals surface area (Å²) in [5.41, 5.74) is 2.23. The van der Waals surface area contributed by atoms with Crippen LogP contribution < -0.4 is 10.1 Å². The molecule has 2 saturated heterocycles. The van der Waals surface area contributed by atoms with E-state index < -0.39 is 9.84 Å². The van der Waals surface area contributed by atoms with Crippen molar-refractivity contribution in [1.82, 2.24) is 10.2 Å². The SMILES string of the molecule is O=C(NCCc1ccc2c(c1)CCO2)N1CCCC2(CCS(=O)(=O)C2)C1. The molecule has 3 aliphatic rings. The van der Waals surface area contributed by atoms with E-state index in [1.165, 1.54) is 11.1 Å². The number of nitrogens with zero attached hydrogens (tertiary/aromatic N) is 1. The van der Waals surface area contributed by atoms with Crippen LogP contribution in [0, 0.1) is 5.41 Å². The molecule has 6 nitrogen and oxygen atoms in total. The lowest BCUT2D eigenvalue weighted by molar-refractivity contribution is 0.122. The van der Waals surface area contributed by atoms with Gasteiger partial charge in [0.1, 0.15) is 5.75 Å². The Balaban J connectivity index is 1.29. The maximum absolute atomic E-state index is 12.5. The number of ether oxygens (including phenoxy) is 1. The third-order valence-electron chi connectivity index (χ3n) is 5.86. The van der Waals surface area contributed by atoms with Gasteiger partial charge >= 0.3 is 6.03 Å². The molecule has 0 aromatic heterocycles. The summed E-state index contributed by atoms with van der Waals surface area (Å²) in [7, 11) is -2.93. The molecule has 2 amide bonds. The number of likely N-dealkylation sites (tertiary alicyclic amines) is 1. The number of rotatable bonds is 3. The summed E-state index contributed by atoms with van der Waals surface area (Å²) in [5, 5.41) is 3.00. The van der Waals surface area contributed by atoms with Crippen LogP contribution in [0.4, 0.5) is 4.79 Å². The summed E-state index contributed by atoms with van der Waals surface area (Å²) < 4.78 is 29.2. The molecule has 3 aliphatic heterocycles. The fraction of sp³-hybridized carbons (Fsp3) is 0.632. The molecule has 1 aromatic carbocycles. The molecule has 4 rings (SSSR count). The number of piperidine rings is 1. The smallest absolute Gasteiger partial charge is 0.317 e. The molecule has 1 N–H and O–H groups in total. The molecule has 1 aromatic rings. The van der Waals surface area contributed by atoms with Gasteiger partial charge < -0.3 is 15.0 Å². The highest BCUT2D eigenvalue weighted by Gasteiger charge is 2.45. The highest BCUT2D eigenvalue weighted by atomic mass is 32.2. The molecule has 3 heterocycles. The first-order chi connectivity index (χ1) is 12.4. The fourth-order valence-electron chi connectivity index (χ4n) is 4.51. The van der Waals surface area contributed by atoms with Crippen molar-refractivity contribution in [2.45, 2.75) is 32.1 Å². The Morgan fingerprint density at radius 2 is 2.19 bits per heavy atom. The molecule has 0 bridgehead atoms. The molecular formula is C19H26N2O4S. The van der Waals surface area contributed by atoms with Gasteiger partial charge in [0.05, 0.1) is 18.1 Å². The summed E-state index contributed by atoms with van der Waals surface area (Å²) >= 11 is 0. The third-order valence-corrected chi connectivity index (χ3v) is 7.74. The number of nitrogens with one attached hydrogen (secondary N) is 1. The quantitative estimate of drug-likeness (QED) is 0.870. The van der Waals surface area contributed by atoms with Crippen LogP contribution in [0.25, 0.3) is 0 Å². The summed E-state index contributed by atoms with van der Waals surface area (Å²) in [6, 6.07) is 6.15. The molecule has 0 saturated carbocycles. The van der Waals surface area contributed by atoms with E-state index in [0.29, 0.717) is 26.1 Å². The van der Waals surface area contributed by atoms with Crippen LogP contribution in [0.1, 0.15) is 30.4 Å². The second-order valence-corrected chi connectivity index (χ2v) is 10.1. The molecule has 1 spiro atoms. The van der Waals surface area contributed by atoms with Crippen molar-refractivity contribution in [1.29, 1.82) is 0 Å². The number of carbonyl (C=O) groups is 1. The van der Waals surface area contributed by atoms with Crippen LogP contribution in [0.15, 0.2) is 18.2 Å². The predicted octanol–water partition coefficient (Wildman–Crippen LogP) is 1.77. The Morgan fingerprint density at radius 1 is 1.31 bits per heavy atom. The van der Waals surface area contributed by atoms with Crippen LogP contribution in [-0.4, -0.2) is 57.1 Å². The first-order valence-electron chi connectivity index (χ1n) is 9.43. The normalized spacial score (nSPS) is 26.5. The highest BCUT2D eigenvalue weighted by molar-refractivity contribution is 7.91. The van der Waals surface area contributed by atoms with Crippen LogP contribution >= 0.6 is 0 Å². The molecular weight excluding hydrogens is 352 g/mol. The first kappa shape index (κ1) is 17.6. The zero-order valence-electron chi connectivity index (χ0n) is 15.0. The average molecular weight is 378 g/mol. The Kier molecular flexibility index (Phi) is 4.59. The Hall–Kier alpha value is -1.76. The van der Waals surface area contributed by atoms with Gasteiger partial charge in [-0.05, 0) is 42.9 Å². The van der Waals surface area contributed by atoms with Crippen molar-refractivity contribution >= 4 is 15.9 Å². The van der Waals surface area contributed by atoms with Crippen LogP contribution in [0.3, 0.4) is 0 Å². The lowest BCUT2D eigenvalue weighted by Gasteiger charge is -2.39. The third kappa shape index (κ3) is 3.68. The summed E-state index contributed by atoms with van der Waals surface area (Å²) in [6.45, 7) is 2.61. The van der Waals surface area contributed by atoms with Gasteiger partial charge in [-0.15, -0.1) is 0 Å². The molecule has 142 valence electrons. The van der Waals surface area contributed by atoms with E-state index >= 15 is 0 Å². The lowest BCUT2D eigenvalue weighted by Crippen LogP contribution is -2.50. The van der Waals surface area contributed by atoms with E-state index in [4.69, 9.17) is 4.74 Å². The zero-order chi connectivity index (χ0) is 18.2.